The van der Waals surface area contributed by atoms with E-state index in [9.17, 15) is 13.6 Å². The van der Waals surface area contributed by atoms with Gasteiger partial charge in [-0.2, -0.15) is 0 Å². The van der Waals surface area contributed by atoms with Gasteiger partial charge in [-0.05, 0) is 82.0 Å². The lowest BCUT2D eigenvalue weighted by Gasteiger charge is -2.32. The van der Waals surface area contributed by atoms with E-state index < -0.39 is 11.6 Å². The molecule has 0 radical (unpaired) electrons. The minimum absolute atomic E-state index is 0.0137. The molecule has 5 rings (SSSR count). The Kier molecular flexibility index (Phi) is 8.32. The van der Waals surface area contributed by atoms with Gasteiger partial charge in [0, 0.05) is 41.6 Å². The van der Waals surface area contributed by atoms with E-state index in [1.54, 1.807) is 7.11 Å². The molecule has 9 heteroatoms. The number of carbonyl (C=O) groups is 1. The maximum absolute atomic E-state index is 14.7. The minimum Gasteiger partial charge on any atom is -0.496 e. The number of ether oxygens (including phenoxy) is 1. The molecule has 1 aliphatic rings. The number of anilines is 1. The standard InChI is InChI=1S/C31H34F2N4O2S/c1-18-7-8-20(16-36-18)19-9-14-26(39-3)21(15-19)17-37(23-6-4-5-22(35-2)10-11-23)31(38)30-28(34)27-24(32)12-13-25(33)29(27)40-30/h7-9,12-16,22-23,35H,4-6,10-11,17,34H2,1-3H3. The number of hydrogen-bond acceptors (Lipinski definition) is 6. The fraction of sp³-hybridized carbons (Fsp3) is 0.355. The van der Waals surface area contributed by atoms with E-state index >= 15 is 0 Å². The lowest BCUT2D eigenvalue weighted by molar-refractivity contribution is 0.0645. The molecule has 40 heavy (non-hydrogen) atoms. The van der Waals surface area contributed by atoms with Crippen LogP contribution in [0.4, 0.5) is 14.5 Å². The lowest BCUT2D eigenvalue weighted by atomic mass is 10.0. The van der Waals surface area contributed by atoms with Crippen LogP contribution in [0.1, 0.15) is 53.0 Å². The number of amides is 1. The highest BCUT2D eigenvalue weighted by Gasteiger charge is 2.32. The molecule has 210 valence electrons. The molecule has 6 nitrogen and oxygen atoms in total. The van der Waals surface area contributed by atoms with Crippen LogP contribution in [-0.2, 0) is 6.54 Å². The maximum atomic E-state index is 14.7. The molecule has 0 bridgehead atoms. The molecule has 2 heterocycles. The maximum Gasteiger partial charge on any atom is 0.266 e. The summed E-state index contributed by atoms with van der Waals surface area (Å²) in [4.78, 5) is 20.7. The number of nitrogen functional groups attached to an aromatic ring is 1. The minimum atomic E-state index is -0.636. The molecule has 2 atom stereocenters. The number of aromatic nitrogens is 1. The van der Waals surface area contributed by atoms with Crippen molar-refractivity contribution in [3.63, 3.8) is 0 Å². The molecule has 0 aliphatic heterocycles. The molecule has 4 aromatic rings. The van der Waals surface area contributed by atoms with Crippen molar-refractivity contribution in [3.8, 4) is 16.9 Å². The number of thiophene rings is 1. The molecule has 1 amide bonds. The summed E-state index contributed by atoms with van der Waals surface area (Å²) in [5.74, 6) is -0.895. The molecule has 0 saturated heterocycles. The highest BCUT2D eigenvalue weighted by molar-refractivity contribution is 7.21. The van der Waals surface area contributed by atoms with E-state index in [2.05, 4.69) is 10.3 Å². The van der Waals surface area contributed by atoms with Crippen molar-refractivity contribution >= 4 is 33.0 Å². The number of carbonyl (C=O) groups excluding carboxylic acids is 1. The summed E-state index contributed by atoms with van der Waals surface area (Å²) >= 11 is 0.914. The molecular formula is C31H34F2N4O2S. The highest BCUT2D eigenvalue weighted by Crippen LogP contribution is 2.39. The van der Waals surface area contributed by atoms with Gasteiger partial charge in [0.15, 0.2) is 0 Å². The number of nitrogens with two attached hydrogens (primary N) is 1. The molecule has 2 aromatic carbocycles. The zero-order valence-electron chi connectivity index (χ0n) is 23.0. The normalized spacial score (nSPS) is 17.5. The van der Waals surface area contributed by atoms with Gasteiger partial charge in [0.1, 0.15) is 22.3 Å². The quantitative estimate of drug-likeness (QED) is 0.244. The molecule has 2 unspecified atom stereocenters. The Balaban J connectivity index is 1.57. The van der Waals surface area contributed by atoms with Crippen molar-refractivity contribution in [2.24, 2.45) is 0 Å². The van der Waals surface area contributed by atoms with Gasteiger partial charge in [0.25, 0.3) is 5.91 Å². The Hall–Kier alpha value is -3.56. The Morgan fingerprint density at radius 3 is 2.58 bits per heavy atom. The van der Waals surface area contributed by atoms with E-state index in [0.29, 0.717) is 11.8 Å². The van der Waals surface area contributed by atoms with Crippen LogP contribution in [0, 0.1) is 18.6 Å². The second-order valence-electron chi connectivity index (χ2n) is 10.4. The topological polar surface area (TPSA) is 80.5 Å². The summed E-state index contributed by atoms with van der Waals surface area (Å²) in [6.45, 7) is 2.21. The van der Waals surface area contributed by atoms with Crippen molar-refractivity contribution in [1.29, 1.82) is 0 Å². The lowest BCUT2D eigenvalue weighted by Crippen LogP contribution is -2.40. The van der Waals surface area contributed by atoms with E-state index in [1.807, 2.05) is 55.4 Å². The third-order valence-corrected chi connectivity index (χ3v) is 9.09. The number of fused-ring (bicyclic) bond motifs is 1. The number of nitrogens with one attached hydrogen (secondary N) is 1. The van der Waals surface area contributed by atoms with Crippen LogP contribution in [0.3, 0.4) is 0 Å². The molecule has 1 saturated carbocycles. The predicted octanol–water partition coefficient (Wildman–Crippen LogP) is 6.70. The largest absolute Gasteiger partial charge is 0.496 e. The van der Waals surface area contributed by atoms with Gasteiger partial charge in [0.2, 0.25) is 0 Å². The van der Waals surface area contributed by atoms with Crippen LogP contribution in [0.5, 0.6) is 5.75 Å². The number of halogens is 2. The van der Waals surface area contributed by atoms with Crippen LogP contribution in [-0.4, -0.2) is 42.0 Å². The summed E-state index contributed by atoms with van der Waals surface area (Å²) < 4.78 is 35.1. The predicted molar refractivity (Wildman–Crippen MR) is 157 cm³/mol. The number of benzene rings is 2. The van der Waals surface area contributed by atoms with Gasteiger partial charge in [-0.3, -0.25) is 9.78 Å². The monoisotopic (exact) mass is 564 g/mol. The fourth-order valence-corrected chi connectivity index (χ4v) is 6.69. The molecule has 0 spiro atoms. The van der Waals surface area contributed by atoms with E-state index in [1.165, 1.54) is 0 Å². The first-order valence-corrected chi connectivity index (χ1v) is 14.4. The van der Waals surface area contributed by atoms with Crippen LogP contribution >= 0.6 is 11.3 Å². The summed E-state index contributed by atoms with van der Waals surface area (Å²) in [7, 11) is 3.57. The number of nitrogens with zero attached hydrogens (tertiary/aromatic N) is 2. The number of rotatable bonds is 7. The second-order valence-corrected chi connectivity index (χ2v) is 11.4. The SMILES string of the molecule is CNC1CCCC(N(Cc2cc(-c3ccc(C)nc3)ccc2OC)C(=O)c2sc3c(F)ccc(F)c3c2N)CC1. The Morgan fingerprint density at radius 1 is 1.10 bits per heavy atom. The molecular weight excluding hydrogens is 530 g/mol. The summed E-state index contributed by atoms with van der Waals surface area (Å²) in [5, 5.41) is 3.34. The van der Waals surface area contributed by atoms with Crippen molar-refractivity contribution in [2.45, 2.75) is 57.7 Å². The fourth-order valence-electron chi connectivity index (χ4n) is 5.60. The molecule has 3 N–H and O–H groups in total. The third kappa shape index (κ3) is 5.53. The van der Waals surface area contributed by atoms with Crippen molar-refractivity contribution < 1.29 is 18.3 Å². The van der Waals surface area contributed by atoms with E-state index in [-0.39, 0.29) is 39.1 Å². The summed E-state index contributed by atoms with van der Waals surface area (Å²) in [6, 6.07) is 12.3. The van der Waals surface area contributed by atoms with Gasteiger partial charge in [-0.15, -0.1) is 11.3 Å². The first-order valence-electron chi connectivity index (χ1n) is 13.5. The number of aryl methyl sites for hydroxylation is 1. The van der Waals surface area contributed by atoms with Crippen molar-refractivity contribution in [2.75, 3.05) is 19.9 Å². The third-order valence-electron chi connectivity index (χ3n) is 7.89. The average Bonchev–Trinajstić information content (AvgIpc) is 3.15. The van der Waals surface area contributed by atoms with Crippen LogP contribution in [0.25, 0.3) is 21.2 Å². The zero-order valence-corrected chi connectivity index (χ0v) is 23.8. The van der Waals surface area contributed by atoms with Crippen LogP contribution in [0.15, 0.2) is 48.7 Å². The average molecular weight is 565 g/mol. The smallest absolute Gasteiger partial charge is 0.266 e. The van der Waals surface area contributed by atoms with E-state index in [0.717, 1.165) is 78.0 Å². The Morgan fingerprint density at radius 2 is 1.88 bits per heavy atom. The Bertz CT molecular complexity index is 1520. The van der Waals surface area contributed by atoms with Crippen molar-refractivity contribution in [3.05, 3.63) is 76.4 Å². The van der Waals surface area contributed by atoms with Gasteiger partial charge in [-0.25, -0.2) is 8.78 Å². The summed E-state index contributed by atoms with van der Waals surface area (Å²) in [6.07, 6.45) is 6.35. The van der Waals surface area contributed by atoms with Gasteiger partial charge in [0.05, 0.1) is 22.9 Å². The number of methoxy groups -OCH3 is 1. The first kappa shape index (κ1) is 28.0. The Labute approximate surface area is 237 Å². The first-order chi connectivity index (χ1) is 19.3. The van der Waals surface area contributed by atoms with E-state index in [4.69, 9.17) is 10.5 Å². The molecule has 1 fully saturated rings. The zero-order chi connectivity index (χ0) is 28.4. The summed E-state index contributed by atoms with van der Waals surface area (Å²) in [5.41, 5.74) is 9.99. The van der Waals surface area contributed by atoms with Gasteiger partial charge in [-0.1, -0.05) is 12.1 Å². The molecule has 2 aromatic heterocycles. The van der Waals surface area contributed by atoms with Gasteiger partial charge < -0.3 is 20.7 Å². The van der Waals surface area contributed by atoms with Crippen LogP contribution < -0.4 is 15.8 Å². The number of pyridine rings is 1. The highest BCUT2D eigenvalue weighted by atomic mass is 32.1. The second kappa shape index (κ2) is 11.9. The molecule has 1 aliphatic carbocycles. The van der Waals surface area contributed by atoms with Gasteiger partial charge >= 0.3 is 0 Å². The van der Waals surface area contributed by atoms with Crippen LogP contribution in [0.2, 0.25) is 0 Å². The van der Waals surface area contributed by atoms with Crippen molar-refractivity contribution in [1.82, 2.24) is 15.2 Å². The number of hydrogen-bond donors (Lipinski definition) is 2.